The summed E-state index contributed by atoms with van der Waals surface area (Å²) >= 11 is 0. The van der Waals surface area contributed by atoms with Crippen LogP contribution in [0.1, 0.15) is 40.0 Å². The summed E-state index contributed by atoms with van der Waals surface area (Å²) < 4.78 is 4.81. The molecule has 0 aliphatic carbocycles. The molecule has 0 amide bonds. The number of ether oxygens (including phenoxy) is 1. The molecule has 0 bridgehead atoms. The van der Waals surface area contributed by atoms with Crippen molar-refractivity contribution in [1.29, 1.82) is 0 Å². The molecule has 1 N–H and O–H groups in total. The molecule has 0 rings (SSSR count). The van der Waals surface area contributed by atoms with Gasteiger partial charge < -0.3 is 9.84 Å². The Labute approximate surface area is 96.0 Å². The summed E-state index contributed by atoms with van der Waals surface area (Å²) in [6.45, 7) is 5.65. The number of hydrogen-bond acceptors (Lipinski definition) is 3. The number of esters is 1. The van der Waals surface area contributed by atoms with Crippen LogP contribution in [-0.4, -0.2) is 17.7 Å². The average Bonchev–Trinajstić information content (AvgIpc) is 2.05. The Morgan fingerprint density at radius 2 is 1.93 bits per heavy atom. The molecule has 0 aromatic carbocycles. The fourth-order valence-corrected chi connectivity index (χ4v) is 1.00. The van der Waals surface area contributed by atoms with E-state index in [0.717, 1.165) is 12.8 Å². The molecule has 87 valence electrons. The molecule has 14 heavy (non-hydrogen) atoms. The van der Waals surface area contributed by atoms with E-state index >= 15 is 0 Å². The molecule has 0 aliphatic heterocycles. The van der Waals surface area contributed by atoms with Crippen molar-refractivity contribution < 1.29 is 31.7 Å². The standard InChI is InChI=1S/C10H18O3.Cu/c1-4-6-7-9(8(3)11)10(12)13-5-2;/h11H,4-7H2,1-3H3;/b9-8-;. The zero-order chi connectivity index (χ0) is 10.3. The minimum Gasteiger partial charge on any atom is -0.512 e. The topological polar surface area (TPSA) is 46.5 Å². The molecule has 1 radical (unpaired) electrons. The molecule has 0 saturated carbocycles. The predicted molar refractivity (Wildman–Crippen MR) is 51.5 cm³/mol. The smallest absolute Gasteiger partial charge is 0.337 e. The van der Waals surface area contributed by atoms with Gasteiger partial charge in [-0.1, -0.05) is 13.3 Å². The van der Waals surface area contributed by atoms with Crippen molar-refractivity contribution in [3.05, 3.63) is 11.3 Å². The Balaban J connectivity index is 0. The molecule has 0 aliphatic rings. The first-order chi connectivity index (χ1) is 6.13. The van der Waals surface area contributed by atoms with Crippen LogP contribution in [0, 0.1) is 0 Å². The first-order valence-electron chi connectivity index (χ1n) is 4.69. The molecule has 3 nitrogen and oxygen atoms in total. The number of aliphatic hydroxyl groups excluding tert-OH is 1. The number of carbonyl (C=O) groups excluding carboxylic acids is 1. The van der Waals surface area contributed by atoms with Crippen LogP contribution in [0.15, 0.2) is 11.3 Å². The van der Waals surface area contributed by atoms with E-state index in [1.54, 1.807) is 6.92 Å². The molecular weight excluding hydrogens is 232 g/mol. The summed E-state index contributed by atoms with van der Waals surface area (Å²) in [6, 6.07) is 0. The first-order valence-corrected chi connectivity index (χ1v) is 4.69. The maximum Gasteiger partial charge on any atom is 0.337 e. The minimum absolute atomic E-state index is 0. The van der Waals surface area contributed by atoms with Crippen molar-refractivity contribution in [3.8, 4) is 0 Å². The zero-order valence-corrected chi connectivity index (χ0v) is 9.84. The van der Waals surface area contributed by atoms with Gasteiger partial charge in [0, 0.05) is 17.1 Å². The minimum atomic E-state index is -0.393. The van der Waals surface area contributed by atoms with Gasteiger partial charge in [-0.05, 0) is 26.7 Å². The van der Waals surface area contributed by atoms with Gasteiger partial charge >= 0.3 is 5.97 Å². The molecule has 0 unspecified atom stereocenters. The summed E-state index contributed by atoms with van der Waals surface area (Å²) in [7, 11) is 0. The fourth-order valence-electron chi connectivity index (χ4n) is 1.00. The zero-order valence-electron chi connectivity index (χ0n) is 8.89. The van der Waals surface area contributed by atoms with Crippen molar-refractivity contribution in [1.82, 2.24) is 0 Å². The van der Waals surface area contributed by atoms with Gasteiger partial charge in [-0.3, -0.25) is 0 Å². The molecule has 0 saturated heterocycles. The van der Waals surface area contributed by atoms with E-state index in [4.69, 9.17) is 4.74 Å². The second kappa shape index (κ2) is 9.10. The third-order valence-corrected chi connectivity index (χ3v) is 1.74. The third-order valence-electron chi connectivity index (χ3n) is 1.74. The molecule has 0 aromatic heterocycles. The van der Waals surface area contributed by atoms with Crippen molar-refractivity contribution in [3.63, 3.8) is 0 Å². The molecular formula is C10H18CuO3. The normalized spacial score (nSPS) is 11.4. The Morgan fingerprint density at radius 3 is 2.29 bits per heavy atom. The van der Waals surface area contributed by atoms with Crippen LogP contribution < -0.4 is 0 Å². The Hall–Kier alpha value is -0.471. The van der Waals surface area contributed by atoms with Gasteiger partial charge in [-0.25, -0.2) is 4.79 Å². The maximum absolute atomic E-state index is 11.3. The summed E-state index contributed by atoms with van der Waals surface area (Å²) in [5, 5.41) is 9.21. The average molecular weight is 250 g/mol. The van der Waals surface area contributed by atoms with Gasteiger partial charge in [0.15, 0.2) is 0 Å². The van der Waals surface area contributed by atoms with Gasteiger partial charge in [0.25, 0.3) is 0 Å². The van der Waals surface area contributed by atoms with Gasteiger partial charge in [-0.15, -0.1) is 0 Å². The Bertz CT molecular complexity index is 196. The molecule has 0 fully saturated rings. The predicted octanol–water partition coefficient (Wildman–Crippen LogP) is 2.57. The van der Waals surface area contributed by atoms with Crippen LogP contribution in [0.4, 0.5) is 0 Å². The van der Waals surface area contributed by atoms with Crippen LogP contribution >= 0.6 is 0 Å². The molecule has 4 heteroatoms. The van der Waals surface area contributed by atoms with Crippen LogP contribution in [0.25, 0.3) is 0 Å². The van der Waals surface area contributed by atoms with Crippen molar-refractivity contribution in [2.45, 2.75) is 40.0 Å². The number of carbonyl (C=O) groups is 1. The summed E-state index contributed by atoms with van der Waals surface area (Å²) in [4.78, 5) is 11.3. The van der Waals surface area contributed by atoms with Crippen LogP contribution in [0.2, 0.25) is 0 Å². The molecule has 0 heterocycles. The monoisotopic (exact) mass is 249 g/mol. The Morgan fingerprint density at radius 1 is 1.36 bits per heavy atom. The quantitative estimate of drug-likeness (QED) is 0.353. The first kappa shape index (κ1) is 16.0. The van der Waals surface area contributed by atoms with Gasteiger partial charge in [0.2, 0.25) is 0 Å². The number of unbranched alkanes of at least 4 members (excludes halogenated alkanes) is 1. The van der Waals surface area contributed by atoms with E-state index in [2.05, 4.69) is 0 Å². The van der Waals surface area contributed by atoms with E-state index in [1.165, 1.54) is 6.92 Å². The van der Waals surface area contributed by atoms with E-state index < -0.39 is 5.97 Å². The molecule has 0 spiro atoms. The van der Waals surface area contributed by atoms with E-state index in [-0.39, 0.29) is 22.8 Å². The SMILES string of the molecule is CCCC/C(C(=O)OCC)=C(\C)O.[Cu]. The second-order valence-corrected chi connectivity index (χ2v) is 2.89. The van der Waals surface area contributed by atoms with Gasteiger partial charge in [0.05, 0.1) is 17.9 Å². The van der Waals surface area contributed by atoms with Crippen LogP contribution in [0.5, 0.6) is 0 Å². The second-order valence-electron chi connectivity index (χ2n) is 2.89. The number of rotatable bonds is 5. The van der Waals surface area contributed by atoms with Gasteiger partial charge in [-0.2, -0.15) is 0 Å². The van der Waals surface area contributed by atoms with Crippen LogP contribution in [0.3, 0.4) is 0 Å². The largest absolute Gasteiger partial charge is 0.512 e. The number of aliphatic hydroxyl groups is 1. The van der Waals surface area contributed by atoms with Crippen molar-refractivity contribution in [2.24, 2.45) is 0 Å². The van der Waals surface area contributed by atoms with E-state index in [1.807, 2.05) is 6.92 Å². The fraction of sp³-hybridized carbons (Fsp3) is 0.700. The number of allylic oxidation sites excluding steroid dienone is 1. The summed E-state index contributed by atoms with van der Waals surface area (Å²) in [6.07, 6.45) is 2.49. The maximum atomic E-state index is 11.3. The van der Waals surface area contributed by atoms with E-state index in [9.17, 15) is 9.90 Å². The summed E-state index contributed by atoms with van der Waals surface area (Å²) in [5.74, 6) is -0.317. The number of hydrogen-bond donors (Lipinski definition) is 1. The van der Waals surface area contributed by atoms with E-state index in [0.29, 0.717) is 18.6 Å². The van der Waals surface area contributed by atoms with Crippen molar-refractivity contribution in [2.75, 3.05) is 6.61 Å². The molecule has 0 aromatic rings. The van der Waals surface area contributed by atoms with Crippen molar-refractivity contribution >= 4 is 5.97 Å². The van der Waals surface area contributed by atoms with Gasteiger partial charge in [0.1, 0.15) is 0 Å². The summed E-state index contributed by atoms with van der Waals surface area (Å²) in [5.41, 5.74) is 0.406. The van der Waals surface area contributed by atoms with Crippen LogP contribution in [-0.2, 0) is 26.6 Å². The molecule has 0 atom stereocenters. The third kappa shape index (κ3) is 6.06. The Kier molecular flexibility index (Phi) is 10.4.